The van der Waals surface area contributed by atoms with Gasteiger partial charge in [0.2, 0.25) is 11.8 Å². The van der Waals surface area contributed by atoms with E-state index in [4.69, 9.17) is 10.8 Å². The Morgan fingerprint density at radius 3 is 2.21 bits per heavy atom. The maximum absolute atomic E-state index is 12.2. The number of aliphatic carboxylic acids is 1. The number of phenols is 1. The number of aromatic hydroxyl groups is 1. The molecule has 0 heterocycles. The number of benzene rings is 1. The maximum atomic E-state index is 12.2. The van der Waals surface area contributed by atoms with Gasteiger partial charge in [-0.3, -0.25) is 14.4 Å². The van der Waals surface area contributed by atoms with Crippen molar-refractivity contribution in [1.82, 2.24) is 10.6 Å². The Bertz CT molecular complexity index is 586. The number of carboxylic acid groups (broad SMARTS) is 1. The first-order valence-electron chi connectivity index (χ1n) is 7.54. The number of amides is 2. The van der Waals surface area contributed by atoms with Crippen LogP contribution in [0.15, 0.2) is 24.3 Å². The first-order valence-corrected chi connectivity index (χ1v) is 7.54. The average Bonchev–Trinajstić information content (AvgIpc) is 2.51. The quantitative estimate of drug-likeness (QED) is 0.437. The van der Waals surface area contributed by atoms with Gasteiger partial charge in [-0.05, 0) is 30.0 Å². The Hall–Kier alpha value is -2.61. The normalized spacial score (nSPS) is 13.2. The molecule has 1 aromatic rings. The zero-order chi connectivity index (χ0) is 18.3. The molecule has 0 aliphatic carbocycles. The predicted molar refractivity (Wildman–Crippen MR) is 87.2 cm³/mol. The third-order valence-electron chi connectivity index (χ3n) is 3.39. The Kier molecular flexibility index (Phi) is 7.19. The average molecular weight is 337 g/mol. The van der Waals surface area contributed by atoms with E-state index in [0.717, 1.165) is 5.56 Å². The zero-order valence-electron chi connectivity index (χ0n) is 13.7. The van der Waals surface area contributed by atoms with Crippen molar-refractivity contribution in [2.45, 2.75) is 32.4 Å². The van der Waals surface area contributed by atoms with Crippen LogP contribution in [0.2, 0.25) is 0 Å². The smallest absolute Gasteiger partial charge is 0.322 e. The number of carboxylic acids is 1. The summed E-state index contributed by atoms with van der Waals surface area (Å²) >= 11 is 0. The molecular formula is C16H23N3O5. The van der Waals surface area contributed by atoms with E-state index >= 15 is 0 Å². The van der Waals surface area contributed by atoms with Crippen molar-refractivity contribution in [2.24, 2.45) is 11.7 Å². The highest BCUT2D eigenvalue weighted by molar-refractivity contribution is 5.91. The van der Waals surface area contributed by atoms with Crippen LogP contribution in [0.3, 0.4) is 0 Å². The number of rotatable bonds is 8. The molecule has 24 heavy (non-hydrogen) atoms. The van der Waals surface area contributed by atoms with Crippen LogP contribution in [0.4, 0.5) is 0 Å². The fraction of sp³-hybridized carbons (Fsp3) is 0.438. The van der Waals surface area contributed by atoms with E-state index in [1.165, 1.54) is 12.1 Å². The fourth-order valence-electron chi connectivity index (χ4n) is 2.05. The van der Waals surface area contributed by atoms with Crippen molar-refractivity contribution in [3.05, 3.63) is 29.8 Å². The van der Waals surface area contributed by atoms with Crippen molar-refractivity contribution in [1.29, 1.82) is 0 Å². The van der Waals surface area contributed by atoms with Gasteiger partial charge in [-0.2, -0.15) is 0 Å². The van der Waals surface area contributed by atoms with Crippen LogP contribution < -0.4 is 16.4 Å². The van der Waals surface area contributed by atoms with Gasteiger partial charge < -0.3 is 26.6 Å². The number of carbonyl (C=O) groups excluding carboxylic acids is 2. The summed E-state index contributed by atoms with van der Waals surface area (Å²) in [6, 6.07) is 4.56. The van der Waals surface area contributed by atoms with Crippen LogP contribution in [-0.2, 0) is 20.8 Å². The van der Waals surface area contributed by atoms with Gasteiger partial charge in [-0.15, -0.1) is 0 Å². The van der Waals surface area contributed by atoms with Gasteiger partial charge in [-0.1, -0.05) is 26.0 Å². The summed E-state index contributed by atoms with van der Waals surface area (Å²) in [4.78, 5) is 34.7. The molecule has 1 aromatic carbocycles. The van der Waals surface area contributed by atoms with Crippen LogP contribution in [-0.4, -0.2) is 46.6 Å². The summed E-state index contributed by atoms with van der Waals surface area (Å²) in [5.74, 6) is -2.36. The van der Waals surface area contributed by atoms with E-state index in [1.807, 2.05) is 0 Å². The molecule has 0 saturated carbocycles. The predicted octanol–water partition coefficient (Wildman–Crippen LogP) is -0.396. The number of hydrogen-bond acceptors (Lipinski definition) is 5. The standard InChI is InChI=1S/C16H23N3O5/c1-9(2)14(16(24)18-8-13(21)22)19-15(23)12(17)7-10-3-5-11(20)6-4-10/h3-6,9,12,14,20H,7-8,17H2,1-2H3,(H,18,24)(H,19,23)(H,21,22)/t12-,14-/m1/s1. The van der Waals surface area contributed by atoms with Gasteiger partial charge in [0.25, 0.3) is 0 Å². The van der Waals surface area contributed by atoms with Gasteiger partial charge in [0.05, 0.1) is 6.04 Å². The largest absolute Gasteiger partial charge is 0.508 e. The highest BCUT2D eigenvalue weighted by Crippen LogP contribution is 2.11. The Balaban J connectivity index is 2.64. The molecule has 132 valence electrons. The summed E-state index contributed by atoms with van der Waals surface area (Å²) in [6.45, 7) is 2.95. The fourth-order valence-corrected chi connectivity index (χ4v) is 2.05. The molecule has 0 fully saturated rings. The number of carbonyl (C=O) groups is 3. The molecule has 8 heteroatoms. The monoisotopic (exact) mass is 337 g/mol. The molecule has 0 saturated heterocycles. The second-order valence-corrected chi connectivity index (χ2v) is 5.82. The molecule has 0 aliphatic rings. The lowest BCUT2D eigenvalue weighted by atomic mass is 10.0. The van der Waals surface area contributed by atoms with E-state index in [0.29, 0.717) is 0 Å². The molecule has 0 unspecified atom stereocenters. The van der Waals surface area contributed by atoms with E-state index in [-0.39, 0.29) is 18.1 Å². The minimum Gasteiger partial charge on any atom is -0.508 e. The topological polar surface area (TPSA) is 142 Å². The van der Waals surface area contributed by atoms with E-state index in [1.54, 1.807) is 26.0 Å². The Labute approximate surface area is 140 Å². The molecule has 2 atom stereocenters. The molecule has 6 N–H and O–H groups in total. The second kappa shape index (κ2) is 8.88. The zero-order valence-corrected chi connectivity index (χ0v) is 13.7. The van der Waals surface area contributed by atoms with Crippen LogP contribution in [0.1, 0.15) is 19.4 Å². The highest BCUT2D eigenvalue weighted by Gasteiger charge is 2.26. The summed E-state index contributed by atoms with van der Waals surface area (Å²) in [7, 11) is 0. The molecule has 0 spiro atoms. The number of hydrogen-bond donors (Lipinski definition) is 5. The molecule has 0 aliphatic heterocycles. The van der Waals surface area contributed by atoms with Crippen molar-refractivity contribution >= 4 is 17.8 Å². The van der Waals surface area contributed by atoms with Gasteiger partial charge in [-0.25, -0.2) is 0 Å². The SMILES string of the molecule is CC(C)[C@@H](NC(=O)[C@H](N)Cc1ccc(O)cc1)C(=O)NCC(=O)O. The lowest BCUT2D eigenvalue weighted by molar-refractivity contribution is -0.138. The Morgan fingerprint density at radius 1 is 1.12 bits per heavy atom. The molecule has 8 nitrogen and oxygen atoms in total. The molecule has 0 aromatic heterocycles. The van der Waals surface area contributed by atoms with E-state index < -0.39 is 36.4 Å². The molecule has 2 amide bonds. The summed E-state index contributed by atoms with van der Waals surface area (Å²) < 4.78 is 0. The minimum absolute atomic E-state index is 0.117. The molecule has 0 bridgehead atoms. The van der Waals surface area contributed by atoms with Crippen molar-refractivity contribution in [3.63, 3.8) is 0 Å². The lowest BCUT2D eigenvalue weighted by Gasteiger charge is -2.23. The van der Waals surface area contributed by atoms with Crippen molar-refractivity contribution < 1.29 is 24.6 Å². The van der Waals surface area contributed by atoms with Crippen molar-refractivity contribution in [3.8, 4) is 5.75 Å². The molecular weight excluding hydrogens is 314 g/mol. The first kappa shape index (κ1) is 19.4. The molecule has 1 rings (SSSR count). The van der Waals surface area contributed by atoms with E-state index in [9.17, 15) is 19.5 Å². The summed E-state index contributed by atoms with van der Waals surface area (Å²) in [6.07, 6.45) is 0.244. The second-order valence-electron chi connectivity index (χ2n) is 5.82. The minimum atomic E-state index is -1.17. The summed E-state index contributed by atoms with van der Waals surface area (Å²) in [5, 5.41) is 22.6. The number of nitrogens with two attached hydrogens (primary N) is 1. The number of nitrogens with one attached hydrogen (secondary N) is 2. The molecule has 0 radical (unpaired) electrons. The third kappa shape index (κ3) is 6.25. The van der Waals surface area contributed by atoms with Crippen LogP contribution in [0, 0.1) is 5.92 Å². The van der Waals surface area contributed by atoms with Gasteiger partial charge in [0.15, 0.2) is 0 Å². The van der Waals surface area contributed by atoms with Gasteiger partial charge in [0, 0.05) is 0 Å². The maximum Gasteiger partial charge on any atom is 0.322 e. The van der Waals surface area contributed by atoms with Crippen LogP contribution >= 0.6 is 0 Å². The first-order chi connectivity index (χ1) is 11.2. The van der Waals surface area contributed by atoms with E-state index in [2.05, 4.69) is 10.6 Å². The van der Waals surface area contributed by atoms with Crippen LogP contribution in [0.5, 0.6) is 5.75 Å². The summed E-state index contributed by atoms with van der Waals surface area (Å²) in [5.41, 5.74) is 6.63. The number of phenolic OH excluding ortho intramolecular Hbond substituents is 1. The third-order valence-corrected chi connectivity index (χ3v) is 3.39. The highest BCUT2D eigenvalue weighted by atomic mass is 16.4. The van der Waals surface area contributed by atoms with Crippen molar-refractivity contribution in [2.75, 3.05) is 6.54 Å². The lowest BCUT2D eigenvalue weighted by Crippen LogP contribution is -2.54. The Morgan fingerprint density at radius 2 is 1.71 bits per heavy atom. The van der Waals surface area contributed by atoms with Gasteiger partial charge in [0.1, 0.15) is 18.3 Å². The van der Waals surface area contributed by atoms with Gasteiger partial charge >= 0.3 is 5.97 Å². The van der Waals surface area contributed by atoms with Crippen LogP contribution in [0.25, 0.3) is 0 Å².